The summed E-state index contributed by atoms with van der Waals surface area (Å²) in [4.78, 5) is 1.03. The standard InChI is InChI=1S/C14H20N4O2S/c1-4-5-10-14(21-18-17-10)13(16-15)9-6-7-11(19-2)12(8-9)20-3/h6-8,13,16H,4-5,15H2,1-3H3. The van der Waals surface area contributed by atoms with Crippen molar-refractivity contribution < 1.29 is 9.47 Å². The van der Waals surface area contributed by atoms with Crippen molar-refractivity contribution in [3.63, 3.8) is 0 Å². The third-order valence-electron chi connectivity index (χ3n) is 3.24. The largest absolute Gasteiger partial charge is 0.493 e. The number of aryl methyl sites for hydroxylation is 1. The third-order valence-corrected chi connectivity index (χ3v) is 4.07. The van der Waals surface area contributed by atoms with Gasteiger partial charge in [0.15, 0.2) is 11.5 Å². The zero-order chi connectivity index (χ0) is 15.2. The summed E-state index contributed by atoms with van der Waals surface area (Å²) in [5.74, 6) is 7.11. The Labute approximate surface area is 128 Å². The Balaban J connectivity index is 2.39. The van der Waals surface area contributed by atoms with Gasteiger partial charge in [0.25, 0.3) is 0 Å². The van der Waals surface area contributed by atoms with Gasteiger partial charge in [-0.25, -0.2) is 5.43 Å². The fourth-order valence-corrected chi connectivity index (χ4v) is 2.99. The molecule has 3 N–H and O–H groups in total. The van der Waals surface area contributed by atoms with E-state index in [4.69, 9.17) is 15.3 Å². The van der Waals surface area contributed by atoms with Gasteiger partial charge in [-0.3, -0.25) is 5.84 Å². The Morgan fingerprint density at radius 3 is 2.67 bits per heavy atom. The number of hydrogen-bond donors (Lipinski definition) is 2. The summed E-state index contributed by atoms with van der Waals surface area (Å²) in [6.45, 7) is 2.12. The summed E-state index contributed by atoms with van der Waals surface area (Å²) in [5.41, 5.74) is 4.81. The molecule has 114 valence electrons. The van der Waals surface area contributed by atoms with Crippen LogP contribution in [0.25, 0.3) is 0 Å². The van der Waals surface area contributed by atoms with Gasteiger partial charge in [0, 0.05) is 0 Å². The van der Waals surface area contributed by atoms with Gasteiger partial charge in [0.2, 0.25) is 0 Å². The second-order valence-electron chi connectivity index (χ2n) is 4.55. The minimum absolute atomic E-state index is 0.161. The van der Waals surface area contributed by atoms with E-state index in [0.29, 0.717) is 11.5 Å². The maximum absolute atomic E-state index is 5.75. The number of aromatic nitrogens is 2. The minimum atomic E-state index is -0.161. The molecule has 0 aliphatic carbocycles. The molecule has 21 heavy (non-hydrogen) atoms. The van der Waals surface area contributed by atoms with Gasteiger partial charge < -0.3 is 9.47 Å². The molecule has 0 amide bonds. The molecule has 0 fully saturated rings. The summed E-state index contributed by atoms with van der Waals surface area (Å²) >= 11 is 1.36. The van der Waals surface area contributed by atoms with Gasteiger partial charge in [-0.2, -0.15) is 0 Å². The molecule has 0 aliphatic rings. The SMILES string of the molecule is CCCc1nnsc1C(NN)c1ccc(OC)c(OC)c1. The van der Waals surface area contributed by atoms with E-state index in [-0.39, 0.29) is 6.04 Å². The highest BCUT2D eigenvalue weighted by Gasteiger charge is 2.21. The molecule has 0 bridgehead atoms. The Hall–Kier alpha value is -1.70. The number of nitrogens with one attached hydrogen (secondary N) is 1. The van der Waals surface area contributed by atoms with Gasteiger partial charge in [-0.05, 0) is 35.6 Å². The Morgan fingerprint density at radius 2 is 2.05 bits per heavy atom. The maximum Gasteiger partial charge on any atom is 0.161 e. The molecule has 2 rings (SSSR count). The fraction of sp³-hybridized carbons (Fsp3) is 0.429. The Bertz CT molecular complexity index is 588. The second kappa shape index (κ2) is 7.35. The third kappa shape index (κ3) is 3.31. The van der Waals surface area contributed by atoms with Crippen LogP contribution in [0, 0.1) is 0 Å². The average Bonchev–Trinajstić information content (AvgIpc) is 2.96. The molecule has 2 aromatic rings. The van der Waals surface area contributed by atoms with Crippen molar-refractivity contribution in [1.82, 2.24) is 15.0 Å². The van der Waals surface area contributed by atoms with Crippen LogP contribution in [0.4, 0.5) is 0 Å². The van der Waals surface area contributed by atoms with Crippen molar-refractivity contribution >= 4 is 11.5 Å². The van der Waals surface area contributed by atoms with Gasteiger partial charge in [-0.1, -0.05) is 23.9 Å². The molecule has 1 heterocycles. The number of methoxy groups -OCH3 is 2. The van der Waals surface area contributed by atoms with E-state index >= 15 is 0 Å². The Kier molecular flexibility index (Phi) is 5.49. The number of nitrogens with two attached hydrogens (primary N) is 1. The molecular formula is C14H20N4O2S. The normalized spacial score (nSPS) is 12.2. The fourth-order valence-electron chi connectivity index (χ4n) is 2.20. The average molecular weight is 308 g/mol. The van der Waals surface area contributed by atoms with E-state index in [0.717, 1.165) is 29.0 Å². The van der Waals surface area contributed by atoms with Crippen LogP contribution < -0.4 is 20.7 Å². The van der Waals surface area contributed by atoms with Crippen LogP contribution in [0.3, 0.4) is 0 Å². The topological polar surface area (TPSA) is 82.3 Å². The zero-order valence-electron chi connectivity index (χ0n) is 12.4. The highest BCUT2D eigenvalue weighted by Crippen LogP contribution is 2.33. The molecule has 0 saturated heterocycles. The van der Waals surface area contributed by atoms with Crippen LogP contribution in [0.15, 0.2) is 18.2 Å². The lowest BCUT2D eigenvalue weighted by atomic mass is 10.0. The van der Waals surface area contributed by atoms with Crippen LogP contribution in [0.1, 0.15) is 35.5 Å². The van der Waals surface area contributed by atoms with Crippen molar-refractivity contribution in [3.8, 4) is 11.5 Å². The quantitative estimate of drug-likeness (QED) is 0.602. The molecule has 6 nitrogen and oxygen atoms in total. The smallest absolute Gasteiger partial charge is 0.161 e. The van der Waals surface area contributed by atoms with Crippen LogP contribution in [-0.2, 0) is 6.42 Å². The van der Waals surface area contributed by atoms with Crippen LogP contribution in [0.5, 0.6) is 11.5 Å². The molecular weight excluding hydrogens is 288 g/mol. The van der Waals surface area contributed by atoms with Crippen molar-refractivity contribution in [1.29, 1.82) is 0 Å². The number of benzene rings is 1. The first-order chi connectivity index (χ1) is 10.2. The van der Waals surface area contributed by atoms with Crippen molar-refractivity contribution in [2.45, 2.75) is 25.8 Å². The second-order valence-corrected chi connectivity index (χ2v) is 5.33. The number of rotatable bonds is 7. The van der Waals surface area contributed by atoms with Gasteiger partial charge >= 0.3 is 0 Å². The summed E-state index contributed by atoms with van der Waals surface area (Å²) in [6, 6.07) is 5.58. The number of nitrogens with zero attached hydrogens (tertiary/aromatic N) is 2. The van der Waals surface area contributed by atoms with E-state index in [9.17, 15) is 0 Å². The lowest BCUT2D eigenvalue weighted by Gasteiger charge is -2.17. The van der Waals surface area contributed by atoms with E-state index in [2.05, 4.69) is 21.9 Å². The first-order valence-corrected chi connectivity index (χ1v) is 7.51. The number of hydrogen-bond acceptors (Lipinski definition) is 7. The first kappa shape index (κ1) is 15.7. The summed E-state index contributed by atoms with van der Waals surface area (Å²) in [7, 11) is 3.23. The number of ether oxygens (including phenoxy) is 2. The zero-order valence-corrected chi connectivity index (χ0v) is 13.2. The summed E-state index contributed by atoms with van der Waals surface area (Å²) < 4.78 is 14.7. The molecule has 0 spiro atoms. The van der Waals surface area contributed by atoms with Gasteiger partial charge in [0.1, 0.15) is 0 Å². The van der Waals surface area contributed by atoms with Crippen molar-refractivity contribution in [3.05, 3.63) is 34.3 Å². The minimum Gasteiger partial charge on any atom is -0.493 e. The lowest BCUT2D eigenvalue weighted by molar-refractivity contribution is 0.354. The predicted molar refractivity (Wildman–Crippen MR) is 82.6 cm³/mol. The maximum atomic E-state index is 5.75. The highest BCUT2D eigenvalue weighted by atomic mass is 32.1. The highest BCUT2D eigenvalue weighted by molar-refractivity contribution is 7.05. The monoisotopic (exact) mass is 308 g/mol. The van der Waals surface area contributed by atoms with E-state index in [1.54, 1.807) is 14.2 Å². The summed E-state index contributed by atoms with van der Waals surface area (Å²) in [5, 5.41) is 4.19. The van der Waals surface area contributed by atoms with E-state index in [1.807, 2.05) is 18.2 Å². The van der Waals surface area contributed by atoms with Crippen molar-refractivity contribution in [2.75, 3.05) is 14.2 Å². The van der Waals surface area contributed by atoms with Crippen molar-refractivity contribution in [2.24, 2.45) is 5.84 Å². The molecule has 0 saturated carbocycles. The molecule has 0 aliphatic heterocycles. The van der Waals surface area contributed by atoms with Crippen LogP contribution in [0.2, 0.25) is 0 Å². The molecule has 1 aromatic carbocycles. The molecule has 1 aromatic heterocycles. The predicted octanol–water partition coefficient (Wildman–Crippen LogP) is 2.06. The van der Waals surface area contributed by atoms with Gasteiger partial charge in [-0.15, -0.1) is 5.10 Å². The molecule has 1 atom stereocenters. The van der Waals surface area contributed by atoms with Gasteiger partial charge in [0.05, 0.1) is 30.8 Å². The Morgan fingerprint density at radius 1 is 1.29 bits per heavy atom. The molecule has 0 radical (unpaired) electrons. The molecule has 7 heteroatoms. The lowest BCUT2D eigenvalue weighted by Crippen LogP contribution is -2.29. The van der Waals surface area contributed by atoms with E-state index in [1.165, 1.54) is 11.5 Å². The van der Waals surface area contributed by atoms with Crippen LogP contribution in [-0.4, -0.2) is 23.8 Å². The molecule has 1 unspecified atom stereocenters. The van der Waals surface area contributed by atoms with Crippen LogP contribution >= 0.6 is 11.5 Å². The summed E-state index contributed by atoms with van der Waals surface area (Å²) in [6.07, 6.45) is 1.90. The number of hydrazine groups is 1. The first-order valence-electron chi connectivity index (χ1n) is 6.74. The van der Waals surface area contributed by atoms with E-state index < -0.39 is 0 Å².